The summed E-state index contributed by atoms with van der Waals surface area (Å²) in [6.07, 6.45) is 0.234. The quantitative estimate of drug-likeness (QED) is 0.293. The molecule has 0 aliphatic heterocycles. The first kappa shape index (κ1) is 16.4. The van der Waals surface area contributed by atoms with Gasteiger partial charge in [0.25, 0.3) is 5.91 Å². The standard InChI is InChI=1S/C13H19N3O5/c1-19-9-7-11(21-3)10(20-2)6-8(9)13(17)15-5-4-12(14)16-18/h6-7,18H,4-5H2,1-3H3,(H2,14,16)(H,15,17). The van der Waals surface area contributed by atoms with Crippen LogP contribution < -0.4 is 25.3 Å². The van der Waals surface area contributed by atoms with Crippen LogP contribution in [-0.2, 0) is 0 Å². The van der Waals surface area contributed by atoms with Gasteiger partial charge < -0.3 is 30.5 Å². The summed E-state index contributed by atoms with van der Waals surface area (Å²) in [5.41, 5.74) is 5.63. The zero-order valence-corrected chi connectivity index (χ0v) is 12.2. The van der Waals surface area contributed by atoms with Crippen LogP contribution in [0.25, 0.3) is 0 Å². The van der Waals surface area contributed by atoms with Crippen LogP contribution >= 0.6 is 0 Å². The molecule has 1 amide bonds. The Balaban J connectivity index is 2.92. The largest absolute Gasteiger partial charge is 0.496 e. The fraction of sp³-hybridized carbons (Fsp3) is 0.385. The van der Waals surface area contributed by atoms with Crippen molar-refractivity contribution in [1.82, 2.24) is 5.32 Å². The lowest BCUT2D eigenvalue weighted by Gasteiger charge is -2.14. The van der Waals surface area contributed by atoms with Crippen molar-refractivity contribution in [3.05, 3.63) is 17.7 Å². The van der Waals surface area contributed by atoms with Gasteiger partial charge in [0.1, 0.15) is 11.6 Å². The summed E-state index contributed by atoms with van der Waals surface area (Å²) in [6.45, 7) is 0.228. The Morgan fingerprint density at radius 1 is 1.19 bits per heavy atom. The molecule has 8 nitrogen and oxygen atoms in total. The topological polar surface area (TPSA) is 115 Å². The maximum atomic E-state index is 12.1. The van der Waals surface area contributed by atoms with Gasteiger partial charge in [0.05, 0.1) is 26.9 Å². The normalized spacial score (nSPS) is 10.9. The van der Waals surface area contributed by atoms with Gasteiger partial charge in [0, 0.05) is 25.1 Å². The number of ether oxygens (including phenoxy) is 3. The molecular formula is C13H19N3O5. The smallest absolute Gasteiger partial charge is 0.255 e. The van der Waals surface area contributed by atoms with E-state index in [1.807, 2.05) is 0 Å². The lowest BCUT2D eigenvalue weighted by Crippen LogP contribution is -2.28. The van der Waals surface area contributed by atoms with Crippen LogP contribution in [-0.4, -0.2) is 44.8 Å². The van der Waals surface area contributed by atoms with Gasteiger partial charge in [-0.3, -0.25) is 4.79 Å². The lowest BCUT2D eigenvalue weighted by molar-refractivity contribution is 0.0951. The molecule has 0 unspecified atom stereocenters. The molecule has 0 saturated heterocycles. The van der Waals surface area contributed by atoms with Crippen LogP contribution in [0.5, 0.6) is 17.2 Å². The molecule has 0 aromatic heterocycles. The molecule has 1 rings (SSSR count). The predicted octanol–water partition coefficient (Wildman–Crippen LogP) is 0.579. The number of rotatable bonds is 7. The number of hydrogen-bond acceptors (Lipinski definition) is 6. The fourth-order valence-corrected chi connectivity index (χ4v) is 1.66. The molecule has 0 fully saturated rings. The highest BCUT2D eigenvalue weighted by Crippen LogP contribution is 2.34. The van der Waals surface area contributed by atoms with Gasteiger partial charge in [-0.2, -0.15) is 0 Å². The third kappa shape index (κ3) is 4.16. The van der Waals surface area contributed by atoms with Gasteiger partial charge in [-0.15, -0.1) is 0 Å². The van der Waals surface area contributed by atoms with Crippen LogP contribution in [0.2, 0.25) is 0 Å². The second kappa shape index (κ2) is 7.83. The summed E-state index contributed by atoms with van der Waals surface area (Å²) in [4.78, 5) is 12.1. The molecule has 0 saturated carbocycles. The predicted molar refractivity (Wildman–Crippen MR) is 76.5 cm³/mol. The van der Waals surface area contributed by atoms with E-state index in [2.05, 4.69) is 10.5 Å². The number of nitrogens with two attached hydrogens (primary N) is 1. The highest BCUT2D eigenvalue weighted by atomic mass is 16.5. The second-order valence-corrected chi connectivity index (χ2v) is 4.00. The Morgan fingerprint density at radius 3 is 2.29 bits per heavy atom. The Kier molecular flexibility index (Phi) is 6.12. The summed E-state index contributed by atoms with van der Waals surface area (Å²) >= 11 is 0. The minimum absolute atomic E-state index is 0.0366. The monoisotopic (exact) mass is 297 g/mol. The number of nitrogens with one attached hydrogen (secondary N) is 1. The fourth-order valence-electron chi connectivity index (χ4n) is 1.66. The van der Waals surface area contributed by atoms with Gasteiger partial charge in [0.2, 0.25) is 0 Å². The Morgan fingerprint density at radius 2 is 1.76 bits per heavy atom. The van der Waals surface area contributed by atoms with Gasteiger partial charge in [0.15, 0.2) is 11.5 Å². The third-order valence-corrected chi connectivity index (χ3v) is 2.75. The van der Waals surface area contributed by atoms with Gasteiger partial charge in [-0.1, -0.05) is 5.16 Å². The van der Waals surface area contributed by atoms with E-state index in [-0.39, 0.29) is 24.7 Å². The molecule has 0 aliphatic carbocycles. The zero-order valence-electron chi connectivity index (χ0n) is 12.2. The second-order valence-electron chi connectivity index (χ2n) is 4.00. The van der Waals surface area contributed by atoms with Gasteiger partial charge in [-0.05, 0) is 0 Å². The minimum Gasteiger partial charge on any atom is -0.496 e. The first-order chi connectivity index (χ1) is 10.1. The number of oxime groups is 1. The van der Waals surface area contributed by atoms with Crippen molar-refractivity contribution in [3.63, 3.8) is 0 Å². The number of methoxy groups -OCH3 is 3. The molecule has 21 heavy (non-hydrogen) atoms. The van der Waals surface area contributed by atoms with E-state index < -0.39 is 0 Å². The molecule has 1 aromatic carbocycles. The molecule has 0 atom stereocenters. The van der Waals surface area contributed by atoms with E-state index in [9.17, 15) is 4.79 Å². The molecule has 8 heteroatoms. The third-order valence-electron chi connectivity index (χ3n) is 2.75. The summed E-state index contributed by atoms with van der Waals surface area (Å²) < 4.78 is 15.5. The summed E-state index contributed by atoms with van der Waals surface area (Å²) in [5, 5.41) is 13.9. The number of carbonyl (C=O) groups excluding carboxylic acids is 1. The molecule has 0 heterocycles. The van der Waals surface area contributed by atoms with Crippen molar-refractivity contribution in [2.24, 2.45) is 10.9 Å². The van der Waals surface area contributed by atoms with E-state index in [0.717, 1.165) is 0 Å². The van der Waals surface area contributed by atoms with E-state index >= 15 is 0 Å². The summed E-state index contributed by atoms with van der Waals surface area (Å²) in [7, 11) is 4.42. The first-order valence-electron chi connectivity index (χ1n) is 6.12. The Labute approximate surface area is 122 Å². The lowest BCUT2D eigenvalue weighted by atomic mass is 10.1. The number of amidine groups is 1. The van der Waals surface area contributed by atoms with E-state index in [1.165, 1.54) is 27.4 Å². The molecule has 4 N–H and O–H groups in total. The summed E-state index contributed by atoms with van der Waals surface area (Å²) in [5.74, 6) is 0.907. The van der Waals surface area contributed by atoms with E-state index in [4.69, 9.17) is 25.2 Å². The number of hydrogen-bond donors (Lipinski definition) is 3. The van der Waals surface area contributed by atoms with Crippen LogP contribution in [0.4, 0.5) is 0 Å². The van der Waals surface area contributed by atoms with E-state index in [1.54, 1.807) is 6.07 Å². The van der Waals surface area contributed by atoms with Crippen LogP contribution in [0, 0.1) is 0 Å². The zero-order chi connectivity index (χ0) is 15.8. The van der Waals surface area contributed by atoms with Crippen molar-refractivity contribution < 1.29 is 24.2 Å². The van der Waals surface area contributed by atoms with Crippen LogP contribution in [0.15, 0.2) is 17.3 Å². The number of nitrogens with zero attached hydrogens (tertiary/aromatic N) is 1. The summed E-state index contributed by atoms with van der Waals surface area (Å²) in [6, 6.07) is 3.09. The Bertz CT molecular complexity index is 531. The SMILES string of the molecule is COc1cc(OC)c(C(=O)NCCC(N)=NO)cc1OC. The van der Waals surface area contributed by atoms with Crippen LogP contribution in [0.3, 0.4) is 0 Å². The number of amides is 1. The molecule has 1 aromatic rings. The average molecular weight is 297 g/mol. The molecule has 0 aliphatic rings. The van der Waals surface area contributed by atoms with Crippen molar-refractivity contribution >= 4 is 11.7 Å². The maximum Gasteiger partial charge on any atom is 0.255 e. The Hall–Kier alpha value is -2.64. The highest BCUT2D eigenvalue weighted by molar-refractivity contribution is 5.98. The highest BCUT2D eigenvalue weighted by Gasteiger charge is 2.17. The number of carbonyl (C=O) groups is 1. The van der Waals surface area contributed by atoms with E-state index in [0.29, 0.717) is 22.8 Å². The first-order valence-corrected chi connectivity index (χ1v) is 6.12. The van der Waals surface area contributed by atoms with Gasteiger partial charge in [-0.25, -0.2) is 0 Å². The van der Waals surface area contributed by atoms with Crippen molar-refractivity contribution in [1.29, 1.82) is 0 Å². The average Bonchev–Trinajstić information content (AvgIpc) is 2.52. The van der Waals surface area contributed by atoms with Crippen molar-refractivity contribution in [2.45, 2.75) is 6.42 Å². The molecular weight excluding hydrogens is 278 g/mol. The van der Waals surface area contributed by atoms with Crippen molar-refractivity contribution in [2.75, 3.05) is 27.9 Å². The van der Waals surface area contributed by atoms with Crippen molar-refractivity contribution in [3.8, 4) is 17.2 Å². The molecule has 116 valence electrons. The molecule has 0 bridgehead atoms. The maximum absolute atomic E-state index is 12.1. The minimum atomic E-state index is -0.362. The van der Waals surface area contributed by atoms with Gasteiger partial charge >= 0.3 is 0 Å². The molecule has 0 radical (unpaired) electrons. The number of benzene rings is 1. The molecule has 0 spiro atoms. The van der Waals surface area contributed by atoms with Crippen LogP contribution in [0.1, 0.15) is 16.8 Å².